The largest absolute Gasteiger partial charge is 0.305 e. The SMILES string of the molecule is [CH2]C(C)(NC(C)C)c1ccccc1. The second-order valence-electron chi connectivity index (χ2n) is 4.00. The van der Waals surface area contributed by atoms with Gasteiger partial charge in [-0.15, -0.1) is 0 Å². The van der Waals surface area contributed by atoms with Gasteiger partial charge in [-0.25, -0.2) is 0 Å². The molecule has 0 saturated heterocycles. The first-order valence-electron chi connectivity index (χ1n) is 4.71. The van der Waals surface area contributed by atoms with Crippen LogP contribution in [0.1, 0.15) is 26.3 Å². The summed E-state index contributed by atoms with van der Waals surface area (Å²) in [5.41, 5.74) is 1.04. The molecule has 1 rings (SSSR count). The highest BCUT2D eigenvalue weighted by atomic mass is 15.0. The highest BCUT2D eigenvalue weighted by molar-refractivity contribution is 5.24. The second kappa shape index (κ2) is 3.93. The van der Waals surface area contributed by atoms with Crippen molar-refractivity contribution in [3.8, 4) is 0 Å². The molecule has 1 aromatic carbocycles. The molecule has 0 fully saturated rings. The second-order valence-corrected chi connectivity index (χ2v) is 4.00. The van der Waals surface area contributed by atoms with Crippen LogP contribution in [0.15, 0.2) is 30.3 Å². The first-order valence-corrected chi connectivity index (χ1v) is 4.71. The molecular formula is C12H18N. The Balaban J connectivity index is 2.81. The van der Waals surface area contributed by atoms with Crippen molar-refractivity contribution in [1.29, 1.82) is 0 Å². The van der Waals surface area contributed by atoms with Crippen LogP contribution >= 0.6 is 0 Å². The third kappa shape index (κ3) is 2.85. The fourth-order valence-electron chi connectivity index (χ4n) is 1.53. The number of benzene rings is 1. The van der Waals surface area contributed by atoms with Gasteiger partial charge in [-0.05, 0) is 19.4 Å². The van der Waals surface area contributed by atoms with Crippen molar-refractivity contribution in [1.82, 2.24) is 5.32 Å². The molecule has 0 aromatic heterocycles. The average molecular weight is 176 g/mol. The molecule has 0 aliphatic carbocycles. The Kier molecular flexibility index (Phi) is 3.10. The molecule has 1 heteroatoms. The molecule has 0 spiro atoms. The van der Waals surface area contributed by atoms with E-state index in [2.05, 4.69) is 45.1 Å². The molecule has 1 aromatic rings. The van der Waals surface area contributed by atoms with Gasteiger partial charge < -0.3 is 5.32 Å². The first kappa shape index (κ1) is 10.3. The van der Waals surface area contributed by atoms with E-state index >= 15 is 0 Å². The van der Waals surface area contributed by atoms with E-state index in [1.54, 1.807) is 0 Å². The Morgan fingerprint density at radius 2 is 1.77 bits per heavy atom. The number of rotatable bonds is 3. The minimum absolute atomic E-state index is 0.185. The van der Waals surface area contributed by atoms with Crippen LogP contribution in [-0.2, 0) is 5.54 Å². The molecule has 1 unspecified atom stereocenters. The van der Waals surface area contributed by atoms with Gasteiger partial charge in [0.1, 0.15) is 0 Å². The minimum atomic E-state index is -0.185. The Labute approximate surface area is 81.2 Å². The maximum absolute atomic E-state index is 4.17. The van der Waals surface area contributed by atoms with E-state index in [1.165, 1.54) is 5.56 Å². The number of hydrogen-bond acceptors (Lipinski definition) is 1. The number of nitrogens with one attached hydrogen (secondary N) is 1. The van der Waals surface area contributed by atoms with Gasteiger partial charge in [0.25, 0.3) is 0 Å². The monoisotopic (exact) mass is 176 g/mol. The van der Waals surface area contributed by atoms with Crippen LogP contribution < -0.4 is 5.32 Å². The van der Waals surface area contributed by atoms with Crippen LogP contribution in [-0.4, -0.2) is 6.04 Å². The van der Waals surface area contributed by atoms with Gasteiger partial charge in [0.15, 0.2) is 0 Å². The summed E-state index contributed by atoms with van der Waals surface area (Å²) in [7, 11) is 0. The summed E-state index contributed by atoms with van der Waals surface area (Å²) in [6.07, 6.45) is 0. The van der Waals surface area contributed by atoms with Crippen LogP contribution in [0.2, 0.25) is 0 Å². The molecule has 1 atom stereocenters. The quantitative estimate of drug-likeness (QED) is 0.746. The lowest BCUT2D eigenvalue weighted by atomic mass is 9.94. The highest BCUT2D eigenvalue weighted by Gasteiger charge is 2.20. The van der Waals surface area contributed by atoms with Crippen molar-refractivity contribution in [2.75, 3.05) is 0 Å². The maximum Gasteiger partial charge on any atom is 0.0408 e. The van der Waals surface area contributed by atoms with E-state index in [9.17, 15) is 0 Å². The predicted molar refractivity (Wildman–Crippen MR) is 57.4 cm³/mol. The summed E-state index contributed by atoms with van der Waals surface area (Å²) in [5, 5.41) is 3.42. The molecule has 71 valence electrons. The van der Waals surface area contributed by atoms with Crippen molar-refractivity contribution in [2.24, 2.45) is 0 Å². The van der Waals surface area contributed by atoms with E-state index in [1.807, 2.05) is 18.2 Å². The topological polar surface area (TPSA) is 12.0 Å². The lowest BCUT2D eigenvalue weighted by molar-refractivity contribution is 0.405. The van der Waals surface area contributed by atoms with Gasteiger partial charge in [-0.3, -0.25) is 0 Å². The summed E-state index contributed by atoms with van der Waals surface area (Å²) in [4.78, 5) is 0. The van der Waals surface area contributed by atoms with Crippen LogP contribution in [0.5, 0.6) is 0 Å². The molecule has 13 heavy (non-hydrogen) atoms. The van der Waals surface area contributed by atoms with Crippen LogP contribution in [0.3, 0.4) is 0 Å². The van der Waals surface area contributed by atoms with Crippen LogP contribution in [0.4, 0.5) is 0 Å². The van der Waals surface area contributed by atoms with Gasteiger partial charge in [-0.1, -0.05) is 44.2 Å². The van der Waals surface area contributed by atoms with E-state index < -0.39 is 0 Å². The Bertz CT molecular complexity index is 249. The van der Waals surface area contributed by atoms with Crippen molar-refractivity contribution in [3.63, 3.8) is 0 Å². The van der Waals surface area contributed by atoms with Gasteiger partial charge in [-0.2, -0.15) is 0 Å². The Morgan fingerprint density at radius 3 is 2.23 bits per heavy atom. The molecule has 1 radical (unpaired) electrons. The molecule has 0 bridgehead atoms. The zero-order valence-corrected chi connectivity index (χ0v) is 8.67. The highest BCUT2D eigenvalue weighted by Crippen LogP contribution is 2.19. The standard InChI is InChI=1S/C12H18N/c1-10(2)13-12(3,4)11-8-6-5-7-9-11/h5-10,13H,3H2,1-2,4H3. The Morgan fingerprint density at radius 1 is 1.23 bits per heavy atom. The fraction of sp³-hybridized carbons (Fsp3) is 0.417. The lowest BCUT2D eigenvalue weighted by Gasteiger charge is -2.29. The zero-order valence-electron chi connectivity index (χ0n) is 8.67. The van der Waals surface area contributed by atoms with E-state index in [-0.39, 0.29) is 5.54 Å². The van der Waals surface area contributed by atoms with Crippen LogP contribution in [0, 0.1) is 6.92 Å². The lowest BCUT2D eigenvalue weighted by Crippen LogP contribution is -2.41. The molecule has 0 amide bonds. The first-order chi connectivity index (χ1) is 6.02. The van der Waals surface area contributed by atoms with Crippen LogP contribution in [0.25, 0.3) is 0 Å². The molecule has 1 N–H and O–H groups in total. The van der Waals surface area contributed by atoms with Gasteiger partial charge in [0, 0.05) is 11.6 Å². The molecule has 0 saturated carbocycles. The third-order valence-electron chi connectivity index (χ3n) is 2.02. The molecule has 1 nitrogen and oxygen atoms in total. The predicted octanol–water partition coefficient (Wildman–Crippen LogP) is 2.73. The number of hydrogen-bond donors (Lipinski definition) is 1. The Hall–Kier alpha value is -0.820. The van der Waals surface area contributed by atoms with Crippen molar-refractivity contribution >= 4 is 0 Å². The smallest absolute Gasteiger partial charge is 0.0408 e. The zero-order chi connectivity index (χ0) is 9.90. The van der Waals surface area contributed by atoms with Gasteiger partial charge in [0.2, 0.25) is 0 Å². The van der Waals surface area contributed by atoms with E-state index in [0.717, 1.165) is 0 Å². The average Bonchev–Trinajstić information content (AvgIpc) is 2.04. The summed E-state index contributed by atoms with van der Waals surface area (Å²) in [6, 6.07) is 10.8. The van der Waals surface area contributed by atoms with E-state index in [4.69, 9.17) is 0 Å². The molecule has 0 aliphatic heterocycles. The van der Waals surface area contributed by atoms with Gasteiger partial charge in [0.05, 0.1) is 0 Å². The summed E-state index contributed by atoms with van der Waals surface area (Å²) in [5.74, 6) is 0. The summed E-state index contributed by atoms with van der Waals surface area (Å²) < 4.78 is 0. The van der Waals surface area contributed by atoms with Gasteiger partial charge >= 0.3 is 0 Å². The minimum Gasteiger partial charge on any atom is -0.305 e. The molecular weight excluding hydrogens is 158 g/mol. The normalized spacial score (nSPS) is 12.1. The summed E-state index contributed by atoms with van der Waals surface area (Å²) in [6.45, 7) is 10.5. The van der Waals surface area contributed by atoms with E-state index in [0.29, 0.717) is 6.04 Å². The summed E-state index contributed by atoms with van der Waals surface area (Å²) >= 11 is 0. The van der Waals surface area contributed by atoms with Crippen molar-refractivity contribution < 1.29 is 0 Å². The molecule has 0 heterocycles. The fourth-order valence-corrected chi connectivity index (χ4v) is 1.53. The third-order valence-corrected chi connectivity index (χ3v) is 2.02. The van der Waals surface area contributed by atoms with Crippen molar-refractivity contribution in [2.45, 2.75) is 32.4 Å². The molecule has 0 aliphatic rings. The maximum atomic E-state index is 4.17. The van der Waals surface area contributed by atoms with Crippen molar-refractivity contribution in [3.05, 3.63) is 42.8 Å².